The predicted molar refractivity (Wildman–Crippen MR) is 60.2 cm³/mol. The van der Waals surface area contributed by atoms with Gasteiger partial charge in [0.25, 0.3) is 5.69 Å². The lowest BCUT2D eigenvalue weighted by molar-refractivity contribution is -0.384. The Balaban J connectivity index is 3.08. The Bertz CT molecular complexity index is 418. The summed E-state index contributed by atoms with van der Waals surface area (Å²) in [7, 11) is 0. The molecule has 1 amide bonds. The second kappa shape index (κ2) is 5.22. The van der Waals surface area contributed by atoms with E-state index >= 15 is 0 Å². The van der Waals surface area contributed by atoms with Gasteiger partial charge in [-0.1, -0.05) is 6.07 Å². The van der Waals surface area contributed by atoms with Gasteiger partial charge in [0, 0.05) is 13.0 Å². The average molecular weight is 223 g/mol. The van der Waals surface area contributed by atoms with Crippen molar-refractivity contribution in [3.8, 4) is 0 Å². The maximum Gasteiger partial charge on any atom is 0.293 e. The van der Waals surface area contributed by atoms with Crippen LogP contribution in [0.2, 0.25) is 0 Å². The van der Waals surface area contributed by atoms with Crippen LogP contribution in [0.1, 0.15) is 12.5 Å². The molecule has 6 heteroatoms. The first kappa shape index (κ1) is 12.1. The summed E-state index contributed by atoms with van der Waals surface area (Å²) in [5.74, 6) is -0.338. The summed E-state index contributed by atoms with van der Waals surface area (Å²) in [5, 5.41) is 13.2. The quantitative estimate of drug-likeness (QED) is 0.588. The van der Waals surface area contributed by atoms with Crippen LogP contribution in [-0.2, 0) is 11.2 Å². The summed E-state index contributed by atoms with van der Waals surface area (Å²) in [6.45, 7) is 1.73. The summed E-state index contributed by atoms with van der Waals surface area (Å²) in [5.41, 5.74) is 6.24. The van der Waals surface area contributed by atoms with Crippen molar-refractivity contribution in [1.82, 2.24) is 0 Å². The Morgan fingerprint density at radius 2 is 2.25 bits per heavy atom. The fraction of sp³-hybridized carbons (Fsp3) is 0.300. The van der Waals surface area contributed by atoms with Crippen molar-refractivity contribution >= 4 is 17.3 Å². The molecule has 0 spiro atoms. The van der Waals surface area contributed by atoms with Gasteiger partial charge in [0.1, 0.15) is 5.69 Å². The van der Waals surface area contributed by atoms with Crippen LogP contribution in [-0.4, -0.2) is 17.4 Å². The molecule has 0 bridgehead atoms. The van der Waals surface area contributed by atoms with Crippen molar-refractivity contribution in [2.24, 2.45) is 5.73 Å². The maximum absolute atomic E-state index is 10.8. The molecule has 0 saturated heterocycles. The van der Waals surface area contributed by atoms with Gasteiger partial charge in [0.15, 0.2) is 0 Å². The minimum absolute atomic E-state index is 0.110. The number of carbonyl (C=O) groups is 1. The number of nitro benzene ring substituents is 1. The number of carbonyl (C=O) groups excluding carboxylic acids is 1. The first-order valence-electron chi connectivity index (χ1n) is 4.79. The molecule has 0 radical (unpaired) electrons. The van der Waals surface area contributed by atoms with Crippen LogP contribution >= 0.6 is 0 Å². The molecule has 6 nitrogen and oxygen atoms in total. The number of anilines is 1. The monoisotopic (exact) mass is 223 g/mol. The smallest absolute Gasteiger partial charge is 0.293 e. The van der Waals surface area contributed by atoms with E-state index in [9.17, 15) is 14.9 Å². The number of nitro groups is 1. The van der Waals surface area contributed by atoms with Crippen LogP contribution in [0.15, 0.2) is 18.2 Å². The lowest BCUT2D eigenvalue weighted by atomic mass is 10.1. The van der Waals surface area contributed by atoms with Crippen molar-refractivity contribution in [3.63, 3.8) is 0 Å². The fourth-order valence-corrected chi connectivity index (χ4v) is 1.35. The fourth-order valence-electron chi connectivity index (χ4n) is 1.35. The molecule has 0 unspecified atom stereocenters. The molecule has 1 aromatic carbocycles. The zero-order valence-corrected chi connectivity index (χ0v) is 8.90. The Kier molecular flexibility index (Phi) is 3.96. The molecular weight excluding hydrogens is 210 g/mol. The largest absolute Gasteiger partial charge is 0.330 e. The third-order valence-electron chi connectivity index (χ3n) is 2.00. The van der Waals surface area contributed by atoms with Crippen LogP contribution < -0.4 is 11.1 Å². The minimum Gasteiger partial charge on any atom is -0.330 e. The highest BCUT2D eigenvalue weighted by atomic mass is 16.6. The van der Waals surface area contributed by atoms with E-state index in [2.05, 4.69) is 5.32 Å². The van der Waals surface area contributed by atoms with Gasteiger partial charge in [-0.2, -0.15) is 0 Å². The van der Waals surface area contributed by atoms with Gasteiger partial charge in [-0.15, -0.1) is 0 Å². The Morgan fingerprint density at radius 1 is 1.56 bits per heavy atom. The molecule has 0 heterocycles. The van der Waals surface area contributed by atoms with E-state index in [0.29, 0.717) is 13.0 Å². The van der Waals surface area contributed by atoms with Crippen LogP contribution in [0, 0.1) is 10.1 Å². The summed E-state index contributed by atoms with van der Waals surface area (Å²) in [6.07, 6.45) is 0.571. The van der Waals surface area contributed by atoms with E-state index in [0.717, 1.165) is 5.56 Å². The molecule has 0 aromatic heterocycles. The van der Waals surface area contributed by atoms with E-state index in [1.807, 2.05) is 0 Å². The predicted octanol–water partition coefficient (Wildman–Crippen LogP) is 1.05. The SMILES string of the molecule is CC(=O)Nc1ccc(CCN)cc1[N+](=O)[O-]. The minimum atomic E-state index is -0.523. The average Bonchev–Trinajstić information content (AvgIpc) is 2.19. The van der Waals surface area contributed by atoms with E-state index < -0.39 is 4.92 Å². The number of nitrogens with one attached hydrogen (secondary N) is 1. The highest BCUT2D eigenvalue weighted by Gasteiger charge is 2.15. The number of nitrogens with zero attached hydrogens (tertiary/aromatic N) is 1. The van der Waals surface area contributed by atoms with Crippen LogP contribution in [0.4, 0.5) is 11.4 Å². The van der Waals surface area contributed by atoms with Crippen molar-refractivity contribution in [1.29, 1.82) is 0 Å². The lowest BCUT2D eigenvalue weighted by Gasteiger charge is -2.05. The number of benzene rings is 1. The molecule has 0 aliphatic carbocycles. The molecule has 1 aromatic rings. The molecule has 0 aliphatic heterocycles. The lowest BCUT2D eigenvalue weighted by Crippen LogP contribution is -2.09. The topological polar surface area (TPSA) is 98.3 Å². The van der Waals surface area contributed by atoms with Crippen molar-refractivity contribution in [2.45, 2.75) is 13.3 Å². The van der Waals surface area contributed by atoms with Gasteiger partial charge in [0.2, 0.25) is 5.91 Å². The summed E-state index contributed by atoms with van der Waals surface area (Å²) in [6, 6.07) is 4.66. The number of hydrogen-bond donors (Lipinski definition) is 2. The highest BCUT2D eigenvalue weighted by molar-refractivity contribution is 5.91. The third kappa shape index (κ3) is 3.03. The third-order valence-corrected chi connectivity index (χ3v) is 2.00. The van der Waals surface area contributed by atoms with Gasteiger partial charge in [-0.3, -0.25) is 14.9 Å². The van der Waals surface area contributed by atoms with E-state index in [1.54, 1.807) is 6.07 Å². The summed E-state index contributed by atoms with van der Waals surface area (Å²) >= 11 is 0. The molecule has 0 atom stereocenters. The normalized spacial score (nSPS) is 9.88. The van der Waals surface area contributed by atoms with Crippen molar-refractivity contribution in [2.75, 3.05) is 11.9 Å². The van der Waals surface area contributed by atoms with Gasteiger partial charge in [-0.05, 0) is 24.6 Å². The Hall–Kier alpha value is -1.95. The van der Waals surface area contributed by atoms with E-state index in [-0.39, 0.29) is 17.3 Å². The van der Waals surface area contributed by atoms with Gasteiger partial charge in [0.05, 0.1) is 4.92 Å². The molecule has 86 valence electrons. The molecule has 0 saturated carbocycles. The first-order chi connectivity index (χ1) is 7.54. The van der Waals surface area contributed by atoms with Gasteiger partial charge >= 0.3 is 0 Å². The number of hydrogen-bond acceptors (Lipinski definition) is 4. The van der Waals surface area contributed by atoms with Crippen LogP contribution in [0.3, 0.4) is 0 Å². The molecule has 16 heavy (non-hydrogen) atoms. The molecule has 1 rings (SSSR count). The molecular formula is C10H13N3O3. The number of rotatable bonds is 4. The molecule has 0 fully saturated rings. The second-order valence-corrected chi connectivity index (χ2v) is 3.33. The van der Waals surface area contributed by atoms with E-state index in [1.165, 1.54) is 19.1 Å². The zero-order chi connectivity index (χ0) is 12.1. The van der Waals surface area contributed by atoms with Gasteiger partial charge < -0.3 is 11.1 Å². The summed E-state index contributed by atoms with van der Waals surface area (Å²) < 4.78 is 0. The maximum atomic E-state index is 10.8. The number of amides is 1. The summed E-state index contributed by atoms with van der Waals surface area (Å²) in [4.78, 5) is 21.1. The van der Waals surface area contributed by atoms with E-state index in [4.69, 9.17) is 5.73 Å². The standard InChI is InChI=1S/C10H13N3O3/c1-7(14)12-9-3-2-8(4-5-11)6-10(9)13(15)16/h2-3,6H,4-5,11H2,1H3,(H,12,14). The van der Waals surface area contributed by atoms with Crippen LogP contribution in [0.25, 0.3) is 0 Å². The Morgan fingerprint density at radius 3 is 2.75 bits per heavy atom. The highest BCUT2D eigenvalue weighted by Crippen LogP contribution is 2.25. The molecule has 3 N–H and O–H groups in total. The van der Waals surface area contributed by atoms with Crippen molar-refractivity contribution in [3.05, 3.63) is 33.9 Å². The Labute approximate surface area is 92.6 Å². The van der Waals surface area contributed by atoms with Crippen molar-refractivity contribution < 1.29 is 9.72 Å². The van der Waals surface area contributed by atoms with Gasteiger partial charge in [-0.25, -0.2) is 0 Å². The second-order valence-electron chi connectivity index (χ2n) is 3.33. The number of nitrogens with two attached hydrogens (primary N) is 1. The van der Waals surface area contributed by atoms with Crippen LogP contribution in [0.5, 0.6) is 0 Å². The zero-order valence-electron chi connectivity index (χ0n) is 8.90. The first-order valence-corrected chi connectivity index (χ1v) is 4.79. The molecule has 0 aliphatic rings.